The molecule has 0 spiro atoms. The van der Waals surface area contributed by atoms with E-state index in [1.54, 1.807) is 0 Å². The summed E-state index contributed by atoms with van der Waals surface area (Å²) in [6.07, 6.45) is 5.38. The quantitative estimate of drug-likeness (QED) is 0.403. The van der Waals surface area contributed by atoms with Gasteiger partial charge in [-0.3, -0.25) is 0 Å². The molecule has 4 aromatic carbocycles. The second-order valence-corrected chi connectivity index (χ2v) is 8.07. The molecule has 0 aliphatic carbocycles. The van der Waals surface area contributed by atoms with Gasteiger partial charge in [-0.2, -0.15) is 0 Å². The average molecular weight is 406 g/mol. The molecule has 0 aliphatic heterocycles. The highest BCUT2D eigenvalue weighted by molar-refractivity contribution is 5.99. The number of hydrogen-bond donors (Lipinski definition) is 1. The summed E-state index contributed by atoms with van der Waals surface area (Å²) in [5.74, 6) is 0. The molecule has 0 saturated heterocycles. The molecular formula is C30H31N. The Bertz CT molecular complexity index is 1340. The van der Waals surface area contributed by atoms with Crippen molar-refractivity contribution in [2.24, 2.45) is 0 Å². The van der Waals surface area contributed by atoms with E-state index in [4.69, 9.17) is 0 Å². The van der Waals surface area contributed by atoms with E-state index >= 15 is 0 Å². The summed E-state index contributed by atoms with van der Waals surface area (Å²) in [4.78, 5) is 0. The first-order valence-electron chi connectivity index (χ1n) is 11.2. The van der Waals surface area contributed by atoms with Gasteiger partial charge in [0, 0.05) is 12.2 Å². The van der Waals surface area contributed by atoms with Crippen LogP contribution in [-0.4, -0.2) is 6.54 Å². The van der Waals surface area contributed by atoms with Crippen LogP contribution >= 0.6 is 0 Å². The second kappa shape index (κ2) is 9.22. The molecule has 0 bridgehead atoms. The average Bonchev–Trinajstić information content (AvgIpc) is 2.79. The van der Waals surface area contributed by atoms with E-state index in [2.05, 4.69) is 118 Å². The summed E-state index contributed by atoms with van der Waals surface area (Å²) in [5.41, 5.74) is 7.91. The minimum atomic E-state index is 0.905. The molecule has 0 heterocycles. The van der Waals surface area contributed by atoms with Crippen LogP contribution in [0.1, 0.15) is 37.5 Å². The van der Waals surface area contributed by atoms with Crippen molar-refractivity contribution in [1.29, 1.82) is 0 Å². The van der Waals surface area contributed by atoms with Gasteiger partial charge in [-0.25, -0.2) is 0 Å². The summed E-state index contributed by atoms with van der Waals surface area (Å²) in [7, 11) is 0. The monoisotopic (exact) mass is 405 g/mol. The molecule has 31 heavy (non-hydrogen) atoms. The van der Waals surface area contributed by atoms with Crippen LogP contribution < -0.4 is 15.8 Å². The van der Waals surface area contributed by atoms with E-state index in [-0.39, 0.29) is 0 Å². The lowest BCUT2D eigenvalue weighted by molar-refractivity contribution is 1.17. The van der Waals surface area contributed by atoms with Crippen molar-refractivity contribution < 1.29 is 0 Å². The SMILES string of the molecule is C/C=c1/ccc(C)c(-c2c(Cc3cccc(NCC)c3)ccc3ccccc23)/c1=C/C. The predicted molar refractivity (Wildman–Crippen MR) is 137 cm³/mol. The summed E-state index contributed by atoms with van der Waals surface area (Å²) in [6, 6.07) is 26.6. The fourth-order valence-electron chi connectivity index (χ4n) is 4.61. The third-order valence-electron chi connectivity index (χ3n) is 6.06. The Morgan fingerprint density at radius 3 is 2.42 bits per heavy atom. The van der Waals surface area contributed by atoms with Gasteiger partial charge in [0.15, 0.2) is 0 Å². The van der Waals surface area contributed by atoms with Crippen LogP contribution in [0.25, 0.3) is 34.1 Å². The Balaban J connectivity index is 2.01. The fraction of sp³-hybridized carbons (Fsp3) is 0.200. The van der Waals surface area contributed by atoms with Crippen LogP contribution in [-0.2, 0) is 6.42 Å². The van der Waals surface area contributed by atoms with E-state index in [0.29, 0.717) is 0 Å². The van der Waals surface area contributed by atoms with Crippen molar-refractivity contribution in [3.05, 3.63) is 99.9 Å². The van der Waals surface area contributed by atoms with Gasteiger partial charge in [-0.15, -0.1) is 0 Å². The van der Waals surface area contributed by atoms with Crippen molar-refractivity contribution >= 4 is 28.6 Å². The normalized spacial score (nSPS) is 12.5. The van der Waals surface area contributed by atoms with E-state index in [1.165, 1.54) is 54.7 Å². The Hall–Kier alpha value is -3.32. The number of aryl methyl sites for hydroxylation is 1. The molecule has 0 radical (unpaired) electrons. The summed E-state index contributed by atoms with van der Waals surface area (Å²) in [6.45, 7) is 9.57. The molecule has 0 fully saturated rings. The maximum Gasteiger partial charge on any atom is 0.0342 e. The van der Waals surface area contributed by atoms with Gasteiger partial charge in [-0.1, -0.05) is 72.8 Å². The lowest BCUT2D eigenvalue weighted by Gasteiger charge is -2.17. The minimum absolute atomic E-state index is 0.905. The van der Waals surface area contributed by atoms with Gasteiger partial charge in [0.25, 0.3) is 0 Å². The van der Waals surface area contributed by atoms with Crippen molar-refractivity contribution in [1.82, 2.24) is 0 Å². The van der Waals surface area contributed by atoms with E-state index in [1.807, 2.05) is 0 Å². The van der Waals surface area contributed by atoms with Crippen molar-refractivity contribution in [3.63, 3.8) is 0 Å². The Morgan fingerprint density at radius 1 is 0.806 bits per heavy atom. The highest BCUT2D eigenvalue weighted by atomic mass is 14.8. The number of nitrogens with one attached hydrogen (secondary N) is 1. The lowest BCUT2D eigenvalue weighted by atomic mass is 9.86. The van der Waals surface area contributed by atoms with Crippen LogP contribution in [0, 0.1) is 6.92 Å². The molecule has 1 heteroatoms. The highest BCUT2D eigenvalue weighted by Crippen LogP contribution is 2.33. The smallest absolute Gasteiger partial charge is 0.0342 e. The third kappa shape index (κ3) is 4.14. The molecule has 4 rings (SSSR count). The van der Waals surface area contributed by atoms with Gasteiger partial charge >= 0.3 is 0 Å². The van der Waals surface area contributed by atoms with Crippen LogP contribution in [0.2, 0.25) is 0 Å². The molecule has 0 aromatic heterocycles. The van der Waals surface area contributed by atoms with Crippen molar-refractivity contribution in [3.8, 4) is 11.1 Å². The van der Waals surface area contributed by atoms with Gasteiger partial charge in [0.2, 0.25) is 0 Å². The lowest BCUT2D eigenvalue weighted by Crippen LogP contribution is -2.27. The number of benzene rings is 4. The zero-order chi connectivity index (χ0) is 21.8. The fourth-order valence-corrected chi connectivity index (χ4v) is 4.61. The summed E-state index contributed by atoms with van der Waals surface area (Å²) < 4.78 is 0. The van der Waals surface area contributed by atoms with Crippen LogP contribution in [0.15, 0.2) is 72.8 Å². The Morgan fingerprint density at radius 2 is 1.65 bits per heavy atom. The first kappa shape index (κ1) is 20.9. The molecule has 0 unspecified atom stereocenters. The number of rotatable bonds is 5. The molecule has 4 aromatic rings. The molecule has 0 saturated carbocycles. The molecule has 1 nitrogen and oxygen atoms in total. The van der Waals surface area contributed by atoms with Gasteiger partial charge in [0.05, 0.1) is 0 Å². The summed E-state index contributed by atoms with van der Waals surface area (Å²) >= 11 is 0. The van der Waals surface area contributed by atoms with E-state index < -0.39 is 0 Å². The zero-order valence-corrected chi connectivity index (χ0v) is 19.0. The maximum atomic E-state index is 3.44. The Kier molecular flexibility index (Phi) is 6.23. The van der Waals surface area contributed by atoms with Crippen LogP contribution in [0.3, 0.4) is 0 Å². The zero-order valence-electron chi connectivity index (χ0n) is 19.0. The van der Waals surface area contributed by atoms with Gasteiger partial charge in [0.1, 0.15) is 0 Å². The number of anilines is 1. The molecule has 156 valence electrons. The maximum absolute atomic E-state index is 3.44. The molecule has 1 N–H and O–H groups in total. The third-order valence-corrected chi connectivity index (χ3v) is 6.06. The standard InChI is InChI=1S/C30H31N/c1-5-23-16-15-21(4)29(27(23)6-2)30-25(18-17-24-12-8-9-14-28(24)30)19-22-11-10-13-26(20-22)31-7-3/h5-6,8-18,20,31H,7,19H2,1-4H3/b23-5-,27-6+. The second-order valence-electron chi connectivity index (χ2n) is 8.07. The first-order valence-corrected chi connectivity index (χ1v) is 11.2. The number of hydrogen-bond acceptors (Lipinski definition) is 1. The molecular weight excluding hydrogens is 374 g/mol. The summed E-state index contributed by atoms with van der Waals surface area (Å²) in [5, 5.41) is 8.66. The number of fused-ring (bicyclic) bond motifs is 1. The van der Waals surface area contributed by atoms with E-state index in [0.717, 1.165) is 13.0 Å². The molecule has 0 aliphatic rings. The van der Waals surface area contributed by atoms with Gasteiger partial charge < -0.3 is 5.32 Å². The largest absolute Gasteiger partial charge is 0.385 e. The van der Waals surface area contributed by atoms with E-state index in [9.17, 15) is 0 Å². The first-order chi connectivity index (χ1) is 15.2. The van der Waals surface area contributed by atoms with Crippen LogP contribution in [0.4, 0.5) is 5.69 Å². The topological polar surface area (TPSA) is 12.0 Å². The van der Waals surface area contributed by atoms with Crippen molar-refractivity contribution in [2.75, 3.05) is 11.9 Å². The Labute approximate surface area is 185 Å². The van der Waals surface area contributed by atoms with Crippen LogP contribution in [0.5, 0.6) is 0 Å². The predicted octanol–water partition coefficient (Wildman–Crippen LogP) is 6.44. The molecule has 0 amide bonds. The molecule has 0 atom stereocenters. The minimum Gasteiger partial charge on any atom is -0.385 e. The van der Waals surface area contributed by atoms with Crippen molar-refractivity contribution in [2.45, 2.75) is 34.1 Å². The van der Waals surface area contributed by atoms with Gasteiger partial charge in [-0.05, 0) is 95.3 Å². The highest BCUT2D eigenvalue weighted by Gasteiger charge is 2.14.